The number of nitrogens with one attached hydrogen (secondary N) is 1. The van der Waals surface area contributed by atoms with Crippen LogP contribution in [0.3, 0.4) is 0 Å². The van der Waals surface area contributed by atoms with E-state index in [0.29, 0.717) is 28.8 Å². The van der Waals surface area contributed by atoms with E-state index in [9.17, 15) is 4.79 Å². The Bertz CT molecular complexity index is 896. The molecule has 0 saturated heterocycles. The zero-order valence-electron chi connectivity index (χ0n) is 13.7. The Morgan fingerprint density at radius 2 is 1.96 bits per heavy atom. The van der Waals surface area contributed by atoms with E-state index in [-0.39, 0.29) is 5.91 Å². The van der Waals surface area contributed by atoms with Crippen LogP contribution in [0.1, 0.15) is 27.3 Å². The van der Waals surface area contributed by atoms with E-state index in [4.69, 9.17) is 11.6 Å². The summed E-state index contributed by atoms with van der Waals surface area (Å²) in [5, 5.41) is 11.6. The maximum Gasteiger partial charge on any atom is 0.276 e. The summed E-state index contributed by atoms with van der Waals surface area (Å²) in [4.78, 5) is 12.4. The van der Waals surface area contributed by atoms with Gasteiger partial charge in [0, 0.05) is 19.3 Å². The molecule has 0 bridgehead atoms. The maximum absolute atomic E-state index is 12.4. The number of halogens is 1. The number of hydrogen-bond acceptors (Lipinski definition) is 3. The third kappa shape index (κ3) is 3.19. The average molecular weight is 344 g/mol. The van der Waals surface area contributed by atoms with E-state index in [1.54, 1.807) is 24.7 Å². The Hall–Kier alpha value is -2.60. The van der Waals surface area contributed by atoms with E-state index in [1.165, 1.54) is 15.8 Å². The van der Waals surface area contributed by atoms with Crippen LogP contribution < -0.4 is 5.32 Å². The molecule has 3 aromatic rings. The lowest BCUT2D eigenvalue weighted by Crippen LogP contribution is -2.17. The number of rotatable bonds is 4. The van der Waals surface area contributed by atoms with Crippen molar-refractivity contribution in [2.24, 2.45) is 7.05 Å². The van der Waals surface area contributed by atoms with Gasteiger partial charge < -0.3 is 5.32 Å². The van der Waals surface area contributed by atoms with Gasteiger partial charge in [0.05, 0.1) is 17.3 Å². The van der Waals surface area contributed by atoms with Crippen LogP contribution in [0.5, 0.6) is 0 Å². The quantitative estimate of drug-likeness (QED) is 0.791. The Morgan fingerprint density at radius 1 is 1.21 bits per heavy atom. The van der Waals surface area contributed by atoms with Gasteiger partial charge in [-0.05, 0) is 25.0 Å². The van der Waals surface area contributed by atoms with Gasteiger partial charge in [-0.3, -0.25) is 14.2 Å². The lowest BCUT2D eigenvalue weighted by Gasteiger charge is -2.06. The van der Waals surface area contributed by atoms with E-state index in [2.05, 4.69) is 34.6 Å². The Morgan fingerprint density at radius 3 is 2.62 bits per heavy atom. The molecule has 2 aromatic heterocycles. The number of hydrogen-bond donors (Lipinski definition) is 1. The van der Waals surface area contributed by atoms with Crippen LogP contribution >= 0.6 is 11.6 Å². The fourth-order valence-corrected chi connectivity index (χ4v) is 2.78. The molecule has 1 amide bonds. The first kappa shape index (κ1) is 16.3. The second-order valence-corrected chi connectivity index (χ2v) is 6.03. The highest BCUT2D eigenvalue weighted by atomic mass is 35.5. The third-order valence-corrected chi connectivity index (χ3v) is 4.29. The molecule has 1 N–H and O–H groups in total. The molecule has 0 unspecified atom stereocenters. The van der Waals surface area contributed by atoms with Crippen molar-refractivity contribution in [2.45, 2.75) is 20.4 Å². The average Bonchev–Trinajstić information content (AvgIpc) is 3.06. The molecule has 1 aromatic carbocycles. The zero-order chi connectivity index (χ0) is 17.3. The fraction of sp³-hybridized carbons (Fsp3) is 0.235. The molecule has 0 radical (unpaired) electrons. The number of carbonyl (C=O) groups excluding carboxylic acids is 1. The van der Waals surface area contributed by atoms with Crippen molar-refractivity contribution in [3.63, 3.8) is 0 Å². The third-order valence-electron chi connectivity index (χ3n) is 3.84. The Kier molecular flexibility index (Phi) is 4.40. The minimum Gasteiger partial charge on any atom is -0.304 e. The summed E-state index contributed by atoms with van der Waals surface area (Å²) >= 11 is 6.14. The van der Waals surface area contributed by atoms with E-state index in [1.807, 2.05) is 18.3 Å². The molecule has 6 nitrogen and oxygen atoms in total. The van der Waals surface area contributed by atoms with Gasteiger partial charge >= 0.3 is 0 Å². The van der Waals surface area contributed by atoms with Crippen molar-refractivity contribution in [3.05, 3.63) is 64.1 Å². The van der Waals surface area contributed by atoms with E-state index >= 15 is 0 Å². The first-order valence-electron chi connectivity index (χ1n) is 7.54. The van der Waals surface area contributed by atoms with Crippen molar-refractivity contribution in [2.75, 3.05) is 5.32 Å². The predicted octanol–water partition coefficient (Wildman–Crippen LogP) is 3.19. The monoisotopic (exact) mass is 343 g/mol. The molecule has 0 atom stereocenters. The minimum atomic E-state index is -0.329. The predicted molar refractivity (Wildman–Crippen MR) is 93.4 cm³/mol. The summed E-state index contributed by atoms with van der Waals surface area (Å²) in [6.07, 6.45) is 1.83. The fourth-order valence-electron chi connectivity index (χ4n) is 2.53. The highest BCUT2D eigenvalue weighted by Gasteiger charge is 2.19. The van der Waals surface area contributed by atoms with E-state index in [0.717, 1.165) is 0 Å². The molecule has 0 aliphatic rings. The minimum absolute atomic E-state index is 0.322. The molecule has 0 aliphatic heterocycles. The van der Waals surface area contributed by atoms with Crippen LogP contribution in [0.2, 0.25) is 5.02 Å². The topological polar surface area (TPSA) is 64.7 Å². The van der Waals surface area contributed by atoms with Crippen LogP contribution in [0, 0.1) is 13.8 Å². The number of aryl methyl sites for hydroxylation is 3. The van der Waals surface area contributed by atoms with Crippen molar-refractivity contribution < 1.29 is 4.79 Å². The van der Waals surface area contributed by atoms with Crippen LogP contribution in [0.15, 0.2) is 36.5 Å². The maximum atomic E-state index is 12.4. The highest BCUT2D eigenvalue weighted by Crippen LogP contribution is 2.20. The number of carbonyl (C=O) groups is 1. The van der Waals surface area contributed by atoms with Crippen LogP contribution in [-0.4, -0.2) is 25.5 Å². The van der Waals surface area contributed by atoms with Crippen molar-refractivity contribution in [1.82, 2.24) is 19.6 Å². The molecule has 3 rings (SSSR count). The van der Waals surface area contributed by atoms with Gasteiger partial charge in [0.25, 0.3) is 5.91 Å². The Balaban J connectivity index is 1.74. The number of amides is 1. The zero-order valence-corrected chi connectivity index (χ0v) is 14.5. The standard InChI is InChI=1S/C17H18ClN5O/c1-11-6-4-5-7-13(11)10-23-9-8-14(21-23)19-17(24)16-15(18)12(2)20-22(16)3/h4-9H,10H2,1-3H3,(H,19,21,24). The molecular weight excluding hydrogens is 326 g/mol. The molecule has 2 heterocycles. The Labute approximate surface area is 145 Å². The molecule has 124 valence electrons. The summed E-state index contributed by atoms with van der Waals surface area (Å²) in [5.74, 6) is 0.146. The van der Waals surface area contributed by atoms with Crippen LogP contribution in [0.25, 0.3) is 0 Å². The first-order valence-corrected chi connectivity index (χ1v) is 7.92. The van der Waals surface area contributed by atoms with Gasteiger partial charge in [0.1, 0.15) is 5.69 Å². The van der Waals surface area contributed by atoms with Gasteiger partial charge in [0.2, 0.25) is 0 Å². The SMILES string of the molecule is Cc1ccccc1Cn1ccc(NC(=O)c2c(Cl)c(C)nn2C)n1. The lowest BCUT2D eigenvalue weighted by atomic mass is 10.1. The second-order valence-electron chi connectivity index (χ2n) is 5.65. The molecule has 0 fully saturated rings. The van der Waals surface area contributed by atoms with Gasteiger partial charge in [-0.15, -0.1) is 0 Å². The molecule has 24 heavy (non-hydrogen) atoms. The van der Waals surface area contributed by atoms with Crippen molar-refractivity contribution in [1.29, 1.82) is 0 Å². The normalized spacial score (nSPS) is 10.8. The summed E-state index contributed by atoms with van der Waals surface area (Å²) in [6, 6.07) is 9.89. The second kappa shape index (κ2) is 6.49. The first-order chi connectivity index (χ1) is 11.5. The highest BCUT2D eigenvalue weighted by molar-refractivity contribution is 6.34. The van der Waals surface area contributed by atoms with Gasteiger partial charge in [-0.1, -0.05) is 35.9 Å². The van der Waals surface area contributed by atoms with Crippen molar-refractivity contribution >= 4 is 23.3 Å². The van der Waals surface area contributed by atoms with Crippen LogP contribution in [-0.2, 0) is 13.6 Å². The molecule has 7 heteroatoms. The van der Waals surface area contributed by atoms with Gasteiger partial charge in [-0.2, -0.15) is 10.2 Å². The summed E-state index contributed by atoms with van der Waals surface area (Å²) in [5.41, 5.74) is 3.33. The number of aromatic nitrogens is 4. The summed E-state index contributed by atoms with van der Waals surface area (Å²) in [6.45, 7) is 4.47. The van der Waals surface area contributed by atoms with Gasteiger partial charge in [0.15, 0.2) is 5.82 Å². The number of nitrogens with zero attached hydrogens (tertiary/aromatic N) is 4. The van der Waals surface area contributed by atoms with Crippen molar-refractivity contribution in [3.8, 4) is 0 Å². The molecule has 0 saturated carbocycles. The number of benzene rings is 1. The molecule has 0 aliphatic carbocycles. The smallest absolute Gasteiger partial charge is 0.276 e. The van der Waals surface area contributed by atoms with Crippen LogP contribution in [0.4, 0.5) is 5.82 Å². The lowest BCUT2D eigenvalue weighted by molar-refractivity contribution is 0.101. The largest absolute Gasteiger partial charge is 0.304 e. The molecule has 0 spiro atoms. The van der Waals surface area contributed by atoms with E-state index < -0.39 is 0 Å². The van der Waals surface area contributed by atoms with Gasteiger partial charge in [-0.25, -0.2) is 0 Å². The number of anilines is 1. The summed E-state index contributed by atoms with van der Waals surface area (Å²) in [7, 11) is 1.69. The summed E-state index contributed by atoms with van der Waals surface area (Å²) < 4.78 is 3.26. The molecular formula is C17H18ClN5O.